The highest BCUT2D eigenvalue weighted by atomic mass is 35.5. The van der Waals surface area contributed by atoms with Crippen LogP contribution in [-0.4, -0.2) is 27.1 Å². The Morgan fingerprint density at radius 3 is 2.34 bits per heavy atom. The molecule has 4 rings (SSSR count). The zero-order valence-corrected chi connectivity index (χ0v) is 20.5. The lowest BCUT2D eigenvalue weighted by Gasteiger charge is -2.13. The molecule has 0 aliphatic carbocycles. The van der Waals surface area contributed by atoms with Gasteiger partial charge in [0.15, 0.2) is 11.5 Å². The largest absolute Gasteiger partial charge is 0.493 e. The van der Waals surface area contributed by atoms with E-state index >= 15 is 0 Å². The van der Waals surface area contributed by atoms with E-state index < -0.39 is 10.0 Å². The highest BCUT2D eigenvalue weighted by Crippen LogP contribution is 2.31. The minimum atomic E-state index is -3.83. The average molecular weight is 512 g/mol. The number of ether oxygens (including phenoxy) is 2. The van der Waals surface area contributed by atoms with Gasteiger partial charge in [-0.05, 0) is 72.7 Å². The summed E-state index contributed by atoms with van der Waals surface area (Å²) in [6, 6.07) is 18.4. The first kappa shape index (κ1) is 24.5. The number of sulfonamides is 1. The Balaban J connectivity index is 1.53. The van der Waals surface area contributed by atoms with Gasteiger partial charge in [0.05, 0.1) is 29.0 Å². The van der Waals surface area contributed by atoms with Crippen molar-refractivity contribution < 1.29 is 22.7 Å². The van der Waals surface area contributed by atoms with E-state index in [4.69, 9.17) is 26.2 Å². The Morgan fingerprint density at radius 2 is 1.71 bits per heavy atom. The SMILES string of the molecule is COc1cc(/C=C2\C(=O)N(c3ccc(S(N)(=O)=O)cc3)N=C2C)ccc1OCc1ccc(Cl)cc1. The summed E-state index contributed by atoms with van der Waals surface area (Å²) < 4.78 is 34.3. The van der Waals surface area contributed by atoms with Gasteiger partial charge in [-0.2, -0.15) is 10.1 Å². The number of nitrogens with two attached hydrogens (primary N) is 1. The average Bonchev–Trinajstić information content (AvgIpc) is 3.12. The molecule has 0 fully saturated rings. The molecule has 3 aromatic rings. The predicted octanol–water partition coefficient (Wildman–Crippen LogP) is 4.38. The summed E-state index contributed by atoms with van der Waals surface area (Å²) in [6.45, 7) is 2.07. The van der Waals surface area contributed by atoms with Crippen LogP contribution in [0.5, 0.6) is 11.5 Å². The van der Waals surface area contributed by atoms with Crippen LogP contribution < -0.4 is 19.6 Å². The van der Waals surface area contributed by atoms with E-state index in [0.29, 0.717) is 40.1 Å². The summed E-state index contributed by atoms with van der Waals surface area (Å²) in [7, 11) is -2.29. The second-order valence-electron chi connectivity index (χ2n) is 7.72. The van der Waals surface area contributed by atoms with Gasteiger partial charge in [0.2, 0.25) is 10.0 Å². The third-order valence-corrected chi connectivity index (χ3v) is 6.46. The predicted molar refractivity (Wildman–Crippen MR) is 135 cm³/mol. The molecule has 1 aliphatic heterocycles. The van der Waals surface area contributed by atoms with Crippen LogP contribution >= 0.6 is 11.6 Å². The van der Waals surface area contributed by atoms with Crippen LogP contribution in [0.2, 0.25) is 5.02 Å². The zero-order valence-electron chi connectivity index (χ0n) is 18.9. The number of hydrogen-bond acceptors (Lipinski definition) is 6. The Labute approximate surface area is 208 Å². The van der Waals surface area contributed by atoms with Gasteiger partial charge in [-0.15, -0.1) is 0 Å². The molecular weight excluding hydrogens is 490 g/mol. The smallest absolute Gasteiger partial charge is 0.280 e. The highest BCUT2D eigenvalue weighted by Gasteiger charge is 2.29. The summed E-state index contributed by atoms with van der Waals surface area (Å²) in [4.78, 5) is 13.0. The molecule has 180 valence electrons. The minimum absolute atomic E-state index is 0.0465. The molecule has 10 heteroatoms. The Morgan fingerprint density at radius 1 is 1.03 bits per heavy atom. The first-order valence-corrected chi connectivity index (χ1v) is 12.4. The van der Waals surface area contributed by atoms with Crippen molar-refractivity contribution in [3.63, 3.8) is 0 Å². The number of hydrazone groups is 1. The van der Waals surface area contributed by atoms with Gasteiger partial charge >= 0.3 is 0 Å². The lowest BCUT2D eigenvalue weighted by molar-refractivity contribution is -0.114. The summed E-state index contributed by atoms with van der Waals surface area (Å²) in [6.07, 6.45) is 1.71. The van der Waals surface area contributed by atoms with Crippen molar-refractivity contribution in [2.75, 3.05) is 12.1 Å². The molecule has 0 spiro atoms. The minimum Gasteiger partial charge on any atom is -0.493 e. The normalized spacial score (nSPS) is 14.9. The quantitative estimate of drug-likeness (QED) is 0.473. The molecule has 1 amide bonds. The molecule has 8 nitrogen and oxygen atoms in total. The number of benzene rings is 3. The maximum absolute atomic E-state index is 13.0. The number of carbonyl (C=O) groups excluding carboxylic acids is 1. The summed E-state index contributed by atoms with van der Waals surface area (Å²) in [5, 5.41) is 11.3. The molecule has 0 aromatic heterocycles. The van der Waals surface area contributed by atoms with Crippen molar-refractivity contribution in [2.24, 2.45) is 10.2 Å². The van der Waals surface area contributed by atoms with E-state index in [1.54, 1.807) is 44.4 Å². The highest BCUT2D eigenvalue weighted by molar-refractivity contribution is 7.89. The first-order chi connectivity index (χ1) is 16.7. The van der Waals surface area contributed by atoms with Crippen molar-refractivity contribution in [1.82, 2.24) is 0 Å². The van der Waals surface area contributed by atoms with Crippen LogP contribution in [0, 0.1) is 0 Å². The molecule has 1 heterocycles. The molecule has 3 aromatic carbocycles. The molecule has 1 aliphatic rings. The van der Waals surface area contributed by atoms with E-state index in [0.717, 1.165) is 11.1 Å². The molecule has 35 heavy (non-hydrogen) atoms. The van der Waals surface area contributed by atoms with E-state index in [1.165, 1.54) is 29.3 Å². The van der Waals surface area contributed by atoms with Gasteiger partial charge in [-0.25, -0.2) is 13.6 Å². The lowest BCUT2D eigenvalue weighted by Crippen LogP contribution is -2.21. The fourth-order valence-corrected chi connectivity index (χ4v) is 4.08. The fraction of sp³-hybridized carbons (Fsp3) is 0.120. The first-order valence-electron chi connectivity index (χ1n) is 10.5. The van der Waals surface area contributed by atoms with Crippen molar-refractivity contribution in [3.8, 4) is 11.5 Å². The molecule has 0 saturated heterocycles. The van der Waals surface area contributed by atoms with Gasteiger partial charge in [0, 0.05) is 5.02 Å². The molecule has 0 bridgehead atoms. The Bertz CT molecular complexity index is 1430. The summed E-state index contributed by atoms with van der Waals surface area (Å²) >= 11 is 5.92. The molecule has 2 N–H and O–H groups in total. The van der Waals surface area contributed by atoms with Crippen molar-refractivity contribution >= 4 is 45.0 Å². The van der Waals surface area contributed by atoms with Gasteiger partial charge in [0.1, 0.15) is 6.61 Å². The van der Waals surface area contributed by atoms with Gasteiger partial charge in [0.25, 0.3) is 5.91 Å². The zero-order chi connectivity index (χ0) is 25.2. The van der Waals surface area contributed by atoms with E-state index in [1.807, 2.05) is 18.2 Å². The number of methoxy groups -OCH3 is 1. The number of hydrogen-bond donors (Lipinski definition) is 1. The number of halogens is 1. The van der Waals surface area contributed by atoms with E-state index in [9.17, 15) is 13.2 Å². The fourth-order valence-electron chi connectivity index (χ4n) is 3.44. The van der Waals surface area contributed by atoms with Crippen LogP contribution in [-0.2, 0) is 21.4 Å². The molecule has 0 atom stereocenters. The molecular formula is C25H22ClN3O5S. The van der Waals surface area contributed by atoms with Crippen LogP contribution in [0.1, 0.15) is 18.1 Å². The van der Waals surface area contributed by atoms with Gasteiger partial charge in [-0.3, -0.25) is 4.79 Å². The number of amides is 1. The topological polar surface area (TPSA) is 111 Å². The number of anilines is 1. The standard InChI is InChI=1S/C25H22ClN3O5S/c1-16-22(25(30)29(28-16)20-8-10-21(11-9-20)35(27,31)32)13-18-5-12-23(24(14-18)33-2)34-15-17-3-6-19(26)7-4-17/h3-14H,15H2,1-2H3,(H2,27,31,32)/b22-13-. The molecule has 0 saturated carbocycles. The summed E-state index contributed by atoms with van der Waals surface area (Å²) in [5.74, 6) is 0.737. The maximum atomic E-state index is 13.0. The second-order valence-corrected chi connectivity index (χ2v) is 9.72. The molecule has 0 radical (unpaired) electrons. The van der Waals surface area contributed by atoms with Crippen molar-refractivity contribution in [3.05, 3.63) is 88.5 Å². The second kappa shape index (κ2) is 9.91. The van der Waals surface area contributed by atoms with Crippen molar-refractivity contribution in [1.29, 1.82) is 0 Å². The van der Waals surface area contributed by atoms with Gasteiger partial charge < -0.3 is 9.47 Å². The lowest BCUT2D eigenvalue weighted by atomic mass is 10.1. The summed E-state index contributed by atoms with van der Waals surface area (Å²) in [5.41, 5.74) is 3.03. The Hall–Kier alpha value is -3.66. The van der Waals surface area contributed by atoms with Crippen LogP contribution in [0.15, 0.2) is 82.3 Å². The Kier molecular flexibility index (Phi) is 6.93. The van der Waals surface area contributed by atoms with Gasteiger partial charge in [-0.1, -0.05) is 29.8 Å². The van der Waals surface area contributed by atoms with Crippen LogP contribution in [0.4, 0.5) is 5.69 Å². The number of rotatable bonds is 7. The number of nitrogens with zero attached hydrogens (tertiary/aromatic N) is 2. The van der Waals surface area contributed by atoms with E-state index in [2.05, 4.69) is 5.10 Å². The third kappa shape index (κ3) is 5.54. The molecule has 0 unspecified atom stereocenters. The van der Waals surface area contributed by atoms with Crippen molar-refractivity contribution in [2.45, 2.75) is 18.4 Å². The number of carbonyl (C=O) groups is 1. The van der Waals surface area contributed by atoms with Crippen LogP contribution in [0.3, 0.4) is 0 Å². The van der Waals surface area contributed by atoms with Crippen LogP contribution in [0.25, 0.3) is 6.08 Å². The maximum Gasteiger partial charge on any atom is 0.280 e. The van der Waals surface area contributed by atoms with E-state index in [-0.39, 0.29) is 10.8 Å². The monoisotopic (exact) mass is 511 g/mol. The third-order valence-electron chi connectivity index (χ3n) is 5.28. The number of primary sulfonamides is 1.